The van der Waals surface area contributed by atoms with Crippen molar-refractivity contribution in [1.29, 1.82) is 0 Å². The van der Waals surface area contributed by atoms with Gasteiger partial charge in [-0.3, -0.25) is 0 Å². The maximum absolute atomic E-state index is 14.7. The van der Waals surface area contributed by atoms with Gasteiger partial charge in [0.25, 0.3) is 0 Å². The monoisotopic (exact) mass is 390 g/mol. The minimum Gasteiger partial charge on any atom is -0.381 e. The molecule has 1 aliphatic rings. The molecule has 0 aliphatic carbocycles. The third kappa shape index (κ3) is 4.47. The van der Waals surface area contributed by atoms with Gasteiger partial charge in [-0.05, 0) is 30.9 Å². The molecule has 28 heavy (non-hydrogen) atoms. The molecule has 0 bridgehead atoms. The van der Waals surface area contributed by atoms with Crippen molar-refractivity contribution in [3.8, 4) is 11.1 Å². The molecule has 2 nitrogen and oxygen atoms in total. The summed E-state index contributed by atoms with van der Waals surface area (Å²) in [5, 5.41) is 0. The fraction of sp³-hybridized carbons (Fsp3) is 0.391. The van der Waals surface area contributed by atoms with Crippen LogP contribution in [0.4, 0.5) is 13.2 Å². The van der Waals surface area contributed by atoms with Gasteiger partial charge in [0.1, 0.15) is 5.82 Å². The first-order chi connectivity index (χ1) is 13.5. The van der Waals surface area contributed by atoms with E-state index in [0.717, 1.165) is 19.4 Å². The van der Waals surface area contributed by atoms with Crippen LogP contribution in [0.5, 0.6) is 0 Å². The zero-order chi connectivity index (χ0) is 20.1. The Kier molecular flexibility index (Phi) is 6.92. The molecule has 1 fully saturated rings. The van der Waals surface area contributed by atoms with Crippen molar-refractivity contribution in [2.24, 2.45) is 5.92 Å². The van der Waals surface area contributed by atoms with Crippen molar-refractivity contribution in [2.45, 2.75) is 32.3 Å². The van der Waals surface area contributed by atoms with Crippen LogP contribution in [0.1, 0.15) is 43.4 Å². The minimum absolute atomic E-state index is 0.0254. The van der Waals surface area contributed by atoms with Crippen LogP contribution in [0.15, 0.2) is 36.9 Å². The highest BCUT2D eigenvalue weighted by Gasteiger charge is 2.27. The fourth-order valence-corrected chi connectivity index (χ4v) is 3.47. The lowest BCUT2D eigenvalue weighted by Gasteiger charge is -2.29. The maximum Gasteiger partial charge on any atom is 0.167 e. The molecule has 2 aromatic rings. The van der Waals surface area contributed by atoms with Gasteiger partial charge in [0.05, 0.1) is 19.3 Å². The lowest BCUT2D eigenvalue weighted by atomic mass is 9.93. The van der Waals surface area contributed by atoms with Gasteiger partial charge in [0.2, 0.25) is 0 Å². The van der Waals surface area contributed by atoms with Crippen molar-refractivity contribution in [2.75, 3.05) is 19.8 Å². The lowest BCUT2D eigenvalue weighted by molar-refractivity contribution is -0.0448. The van der Waals surface area contributed by atoms with Gasteiger partial charge in [0.15, 0.2) is 11.6 Å². The molecule has 1 heterocycles. The van der Waals surface area contributed by atoms with Gasteiger partial charge in [-0.15, -0.1) is 0 Å². The van der Waals surface area contributed by atoms with Crippen molar-refractivity contribution < 1.29 is 22.6 Å². The molecule has 5 heteroatoms. The average molecular weight is 390 g/mol. The summed E-state index contributed by atoms with van der Waals surface area (Å²) >= 11 is 0. The van der Waals surface area contributed by atoms with Gasteiger partial charge < -0.3 is 9.47 Å². The number of ether oxygens (including phenoxy) is 2. The molecule has 1 saturated heterocycles. The maximum atomic E-state index is 14.7. The smallest absolute Gasteiger partial charge is 0.167 e. The number of halogens is 3. The van der Waals surface area contributed by atoms with Gasteiger partial charge in [-0.2, -0.15) is 0 Å². The summed E-state index contributed by atoms with van der Waals surface area (Å²) in [5.74, 6) is -2.17. The molecule has 0 amide bonds. The third-order valence-corrected chi connectivity index (χ3v) is 5.06. The van der Waals surface area contributed by atoms with E-state index in [4.69, 9.17) is 9.47 Å². The predicted octanol–water partition coefficient (Wildman–Crippen LogP) is 6.31. The van der Waals surface area contributed by atoms with E-state index in [0.29, 0.717) is 25.2 Å². The fourth-order valence-electron chi connectivity index (χ4n) is 3.47. The average Bonchev–Trinajstić information content (AvgIpc) is 2.71. The number of benzene rings is 2. The van der Waals surface area contributed by atoms with Crippen LogP contribution in [-0.2, 0) is 9.47 Å². The highest BCUT2D eigenvalue weighted by molar-refractivity contribution is 5.67. The molecule has 1 aliphatic heterocycles. The highest BCUT2D eigenvalue weighted by atomic mass is 19.2. The van der Waals surface area contributed by atoms with Gasteiger partial charge in [0, 0.05) is 29.2 Å². The minimum atomic E-state index is -0.986. The second-order valence-corrected chi connectivity index (χ2v) is 7.11. The summed E-state index contributed by atoms with van der Waals surface area (Å²) in [6, 6.07) is 7.25. The van der Waals surface area contributed by atoms with E-state index in [-0.39, 0.29) is 22.6 Å². The number of hydrogen-bond donors (Lipinski definition) is 0. The molecule has 0 spiro atoms. The predicted molar refractivity (Wildman–Crippen MR) is 104 cm³/mol. The van der Waals surface area contributed by atoms with Crippen molar-refractivity contribution >= 4 is 6.08 Å². The Morgan fingerprint density at radius 3 is 2.61 bits per heavy atom. The highest BCUT2D eigenvalue weighted by Crippen LogP contribution is 2.35. The molecule has 3 rings (SSSR count). The van der Waals surface area contributed by atoms with Gasteiger partial charge in [-0.25, -0.2) is 13.2 Å². The standard InChI is InChI=1S/C23H25F3O2/c1-3-11-27-13-15-5-10-21(28-14-15)19-9-8-18(22(25)23(19)26)17-7-6-16(4-2)20(24)12-17/h4,6-9,12,15,21H,2-3,5,10-11,13-14H2,1H3. The Bertz CT molecular complexity index is 827. The Hall–Kier alpha value is -2.11. The molecule has 0 N–H and O–H groups in total. The normalized spacial score (nSPS) is 19.6. The molecular formula is C23H25F3O2. The molecule has 0 radical (unpaired) electrons. The van der Waals surface area contributed by atoms with E-state index in [2.05, 4.69) is 13.5 Å². The van der Waals surface area contributed by atoms with E-state index < -0.39 is 23.6 Å². The van der Waals surface area contributed by atoms with Crippen molar-refractivity contribution in [3.63, 3.8) is 0 Å². The van der Waals surface area contributed by atoms with Crippen LogP contribution in [0, 0.1) is 23.4 Å². The SMILES string of the molecule is C=Cc1ccc(-c2ccc(C3CCC(COCCC)CO3)c(F)c2F)cc1F. The quantitative estimate of drug-likeness (QED) is 0.516. The molecule has 2 aromatic carbocycles. The van der Waals surface area contributed by atoms with Gasteiger partial charge in [-0.1, -0.05) is 43.8 Å². The van der Waals surface area contributed by atoms with Crippen LogP contribution < -0.4 is 0 Å². The number of hydrogen-bond acceptors (Lipinski definition) is 2. The summed E-state index contributed by atoms with van der Waals surface area (Å²) in [6.45, 7) is 7.38. The van der Waals surface area contributed by atoms with Crippen LogP contribution in [0.3, 0.4) is 0 Å². The first kappa shape index (κ1) is 20.6. The summed E-state index contributed by atoms with van der Waals surface area (Å²) in [6.07, 6.45) is 3.31. The molecule has 0 saturated carbocycles. The molecule has 0 aromatic heterocycles. The first-order valence-corrected chi connectivity index (χ1v) is 9.64. The van der Waals surface area contributed by atoms with Crippen molar-refractivity contribution in [1.82, 2.24) is 0 Å². The lowest BCUT2D eigenvalue weighted by Crippen LogP contribution is -2.25. The third-order valence-electron chi connectivity index (χ3n) is 5.06. The van der Waals surface area contributed by atoms with E-state index in [1.165, 1.54) is 30.3 Å². The first-order valence-electron chi connectivity index (χ1n) is 9.64. The Balaban J connectivity index is 1.74. The largest absolute Gasteiger partial charge is 0.381 e. The zero-order valence-corrected chi connectivity index (χ0v) is 16.0. The van der Waals surface area contributed by atoms with E-state index in [1.807, 2.05) is 0 Å². The summed E-state index contributed by atoms with van der Waals surface area (Å²) in [5.41, 5.74) is 0.827. The van der Waals surface area contributed by atoms with Crippen LogP contribution >= 0.6 is 0 Å². The topological polar surface area (TPSA) is 18.5 Å². The van der Waals surface area contributed by atoms with Gasteiger partial charge >= 0.3 is 0 Å². The Labute approximate surface area is 164 Å². The molecule has 2 atom stereocenters. The van der Waals surface area contributed by atoms with Crippen LogP contribution in [0.2, 0.25) is 0 Å². The number of rotatable bonds is 7. The summed E-state index contributed by atoms with van der Waals surface area (Å²) in [4.78, 5) is 0. The Morgan fingerprint density at radius 2 is 1.96 bits per heavy atom. The van der Waals surface area contributed by atoms with E-state index in [1.54, 1.807) is 6.07 Å². The summed E-state index contributed by atoms with van der Waals surface area (Å²) < 4.78 is 54.7. The van der Waals surface area contributed by atoms with Crippen molar-refractivity contribution in [3.05, 3.63) is 65.5 Å². The van der Waals surface area contributed by atoms with E-state index >= 15 is 0 Å². The summed E-state index contributed by atoms with van der Waals surface area (Å²) in [7, 11) is 0. The molecule has 150 valence electrons. The zero-order valence-electron chi connectivity index (χ0n) is 16.0. The second kappa shape index (κ2) is 9.39. The molecular weight excluding hydrogens is 365 g/mol. The Morgan fingerprint density at radius 1 is 1.14 bits per heavy atom. The second-order valence-electron chi connectivity index (χ2n) is 7.11. The molecule has 2 unspecified atom stereocenters. The van der Waals surface area contributed by atoms with E-state index in [9.17, 15) is 13.2 Å². The van der Waals surface area contributed by atoms with Crippen LogP contribution in [-0.4, -0.2) is 19.8 Å². The van der Waals surface area contributed by atoms with Crippen LogP contribution in [0.25, 0.3) is 17.2 Å².